The van der Waals surface area contributed by atoms with Gasteiger partial charge in [-0.15, -0.1) is 0 Å². The molecule has 1 saturated carbocycles. The molecule has 0 unspecified atom stereocenters. The molecular weight excluding hydrogens is 270 g/mol. The van der Waals surface area contributed by atoms with Crippen molar-refractivity contribution in [3.05, 3.63) is 32.8 Å². The number of anilines is 1. The molecule has 0 aliphatic heterocycles. The number of halogens is 1. The Morgan fingerprint density at radius 3 is 2.63 bits per heavy atom. The van der Waals surface area contributed by atoms with E-state index < -0.39 is 10.8 Å². The number of carbonyl (C=O) groups excluding carboxylic acids is 1. The number of nitrogen functional groups attached to an aromatic ring is 1. The van der Waals surface area contributed by atoms with E-state index in [1.807, 2.05) is 6.92 Å². The summed E-state index contributed by atoms with van der Waals surface area (Å²) in [6.07, 6.45) is 2.84. The summed E-state index contributed by atoms with van der Waals surface area (Å²) < 4.78 is 0. The van der Waals surface area contributed by atoms with Gasteiger partial charge in [0.2, 0.25) is 0 Å². The molecule has 3 N–H and O–H groups in total. The fourth-order valence-electron chi connectivity index (χ4n) is 2.07. The number of nitrogens with one attached hydrogen (secondary N) is 1. The number of benzene rings is 1. The van der Waals surface area contributed by atoms with Gasteiger partial charge in [0.1, 0.15) is 0 Å². The monoisotopic (exact) mass is 283 g/mol. The van der Waals surface area contributed by atoms with Gasteiger partial charge in [0.05, 0.1) is 21.2 Å². The lowest BCUT2D eigenvalue weighted by Gasteiger charge is -2.39. The van der Waals surface area contributed by atoms with Crippen LogP contribution in [0.1, 0.15) is 36.5 Å². The van der Waals surface area contributed by atoms with Crippen LogP contribution in [-0.4, -0.2) is 16.4 Å². The zero-order valence-electron chi connectivity index (χ0n) is 10.4. The van der Waals surface area contributed by atoms with Crippen LogP contribution in [0.2, 0.25) is 5.02 Å². The van der Waals surface area contributed by atoms with E-state index in [0.29, 0.717) is 0 Å². The average Bonchev–Trinajstić information content (AvgIpc) is 2.29. The first-order valence-corrected chi connectivity index (χ1v) is 6.26. The highest BCUT2D eigenvalue weighted by atomic mass is 35.5. The van der Waals surface area contributed by atoms with Crippen LogP contribution in [0, 0.1) is 10.1 Å². The highest BCUT2D eigenvalue weighted by Crippen LogP contribution is 2.33. The fraction of sp³-hybridized carbons (Fsp3) is 0.417. The van der Waals surface area contributed by atoms with E-state index in [0.717, 1.165) is 31.4 Å². The fourth-order valence-corrected chi connectivity index (χ4v) is 2.28. The molecule has 6 nitrogen and oxygen atoms in total. The lowest BCUT2D eigenvalue weighted by Crippen LogP contribution is -2.51. The van der Waals surface area contributed by atoms with Crippen molar-refractivity contribution in [1.29, 1.82) is 0 Å². The van der Waals surface area contributed by atoms with E-state index in [1.54, 1.807) is 0 Å². The summed E-state index contributed by atoms with van der Waals surface area (Å²) in [7, 11) is 0. The van der Waals surface area contributed by atoms with Gasteiger partial charge in [-0.3, -0.25) is 14.9 Å². The second kappa shape index (κ2) is 4.70. The van der Waals surface area contributed by atoms with Crippen LogP contribution in [0.5, 0.6) is 0 Å². The Hall–Kier alpha value is -1.82. The van der Waals surface area contributed by atoms with Crippen molar-refractivity contribution >= 4 is 28.9 Å². The van der Waals surface area contributed by atoms with Crippen LogP contribution in [0.3, 0.4) is 0 Å². The quantitative estimate of drug-likeness (QED) is 0.506. The summed E-state index contributed by atoms with van der Waals surface area (Å²) in [6, 6.07) is 2.29. The molecule has 1 aliphatic carbocycles. The Morgan fingerprint density at radius 1 is 1.53 bits per heavy atom. The maximum absolute atomic E-state index is 12.1. The van der Waals surface area contributed by atoms with Crippen molar-refractivity contribution in [2.45, 2.75) is 31.7 Å². The minimum atomic E-state index is -0.604. The zero-order valence-corrected chi connectivity index (χ0v) is 11.2. The number of nitrogens with zero attached hydrogens (tertiary/aromatic N) is 1. The molecule has 2 rings (SSSR count). The topological polar surface area (TPSA) is 98.3 Å². The van der Waals surface area contributed by atoms with Crippen molar-refractivity contribution in [3.8, 4) is 0 Å². The van der Waals surface area contributed by atoms with Crippen molar-refractivity contribution < 1.29 is 9.72 Å². The van der Waals surface area contributed by atoms with Gasteiger partial charge in [0, 0.05) is 17.7 Å². The van der Waals surface area contributed by atoms with E-state index in [9.17, 15) is 14.9 Å². The summed E-state index contributed by atoms with van der Waals surface area (Å²) in [6.45, 7) is 1.93. The Labute approximate surface area is 115 Å². The molecule has 1 aliphatic rings. The molecule has 1 fully saturated rings. The van der Waals surface area contributed by atoms with Crippen molar-refractivity contribution in [1.82, 2.24) is 5.32 Å². The molecule has 0 bridgehead atoms. The number of non-ortho nitro benzene ring substituents is 1. The molecule has 0 radical (unpaired) electrons. The van der Waals surface area contributed by atoms with Gasteiger partial charge in [0.15, 0.2) is 0 Å². The molecule has 0 heterocycles. The molecule has 102 valence electrons. The van der Waals surface area contributed by atoms with E-state index in [-0.39, 0.29) is 27.5 Å². The third-order valence-corrected chi connectivity index (χ3v) is 3.75. The van der Waals surface area contributed by atoms with E-state index in [4.69, 9.17) is 17.3 Å². The highest BCUT2D eigenvalue weighted by Gasteiger charge is 2.34. The summed E-state index contributed by atoms with van der Waals surface area (Å²) in [4.78, 5) is 22.3. The predicted octanol–water partition coefficient (Wildman–Crippen LogP) is 2.50. The van der Waals surface area contributed by atoms with Crippen LogP contribution in [0.4, 0.5) is 11.4 Å². The van der Waals surface area contributed by atoms with Gasteiger partial charge < -0.3 is 11.1 Å². The van der Waals surface area contributed by atoms with Crippen molar-refractivity contribution in [2.75, 3.05) is 5.73 Å². The standard InChI is InChI=1S/C12H14ClN3O3/c1-12(3-2-4-12)15-11(17)8-5-7(16(18)19)6-9(13)10(8)14/h5-6H,2-4,14H2,1H3,(H,15,17). The van der Waals surface area contributed by atoms with Crippen LogP contribution in [0.25, 0.3) is 0 Å². The lowest BCUT2D eigenvalue weighted by molar-refractivity contribution is -0.384. The maximum Gasteiger partial charge on any atom is 0.271 e. The minimum Gasteiger partial charge on any atom is -0.397 e. The highest BCUT2D eigenvalue weighted by molar-refractivity contribution is 6.34. The summed E-state index contributed by atoms with van der Waals surface area (Å²) in [5.74, 6) is -0.426. The summed E-state index contributed by atoms with van der Waals surface area (Å²) in [5.41, 5.74) is 5.33. The van der Waals surface area contributed by atoms with E-state index >= 15 is 0 Å². The third kappa shape index (κ3) is 2.63. The number of amides is 1. The maximum atomic E-state index is 12.1. The van der Waals surface area contributed by atoms with Crippen LogP contribution < -0.4 is 11.1 Å². The van der Waals surface area contributed by atoms with Gasteiger partial charge in [0.25, 0.3) is 11.6 Å². The average molecular weight is 284 g/mol. The molecule has 1 aromatic rings. The first-order chi connectivity index (χ1) is 8.82. The number of nitrogens with two attached hydrogens (primary N) is 1. The number of nitro groups is 1. The molecule has 19 heavy (non-hydrogen) atoms. The SMILES string of the molecule is CC1(NC(=O)c2cc([N+](=O)[O-])cc(Cl)c2N)CCC1. The minimum absolute atomic E-state index is 0.0121. The smallest absolute Gasteiger partial charge is 0.271 e. The number of rotatable bonds is 3. The molecule has 0 atom stereocenters. The van der Waals surface area contributed by atoms with E-state index in [1.165, 1.54) is 0 Å². The molecule has 7 heteroatoms. The Morgan fingerprint density at radius 2 is 2.16 bits per heavy atom. The lowest BCUT2D eigenvalue weighted by atomic mass is 9.78. The van der Waals surface area contributed by atoms with Crippen LogP contribution in [-0.2, 0) is 0 Å². The molecule has 0 saturated heterocycles. The van der Waals surface area contributed by atoms with Crippen molar-refractivity contribution in [2.24, 2.45) is 0 Å². The molecule has 1 amide bonds. The van der Waals surface area contributed by atoms with Gasteiger partial charge in [-0.2, -0.15) is 0 Å². The first-order valence-electron chi connectivity index (χ1n) is 5.88. The Kier molecular flexibility index (Phi) is 3.36. The molecule has 0 aromatic heterocycles. The normalized spacial score (nSPS) is 16.5. The van der Waals surface area contributed by atoms with E-state index in [2.05, 4.69) is 5.32 Å². The zero-order chi connectivity index (χ0) is 14.2. The second-order valence-corrected chi connectivity index (χ2v) is 5.42. The predicted molar refractivity (Wildman–Crippen MR) is 72.2 cm³/mol. The number of hydrogen-bond acceptors (Lipinski definition) is 4. The second-order valence-electron chi connectivity index (χ2n) is 5.01. The Balaban J connectivity index is 2.32. The Bertz CT molecular complexity index is 555. The van der Waals surface area contributed by atoms with Gasteiger partial charge in [-0.25, -0.2) is 0 Å². The van der Waals surface area contributed by atoms with Gasteiger partial charge in [-0.05, 0) is 26.2 Å². The van der Waals surface area contributed by atoms with Gasteiger partial charge >= 0.3 is 0 Å². The molecule has 1 aromatic carbocycles. The summed E-state index contributed by atoms with van der Waals surface area (Å²) in [5, 5.41) is 13.6. The molecule has 0 spiro atoms. The molecular formula is C12H14ClN3O3. The van der Waals surface area contributed by atoms with Gasteiger partial charge in [-0.1, -0.05) is 11.6 Å². The largest absolute Gasteiger partial charge is 0.397 e. The van der Waals surface area contributed by atoms with Crippen molar-refractivity contribution in [3.63, 3.8) is 0 Å². The third-order valence-electron chi connectivity index (χ3n) is 3.44. The number of nitro benzene ring substituents is 1. The summed E-state index contributed by atoms with van der Waals surface area (Å²) >= 11 is 5.82. The van der Waals surface area contributed by atoms with Crippen LogP contribution >= 0.6 is 11.6 Å². The van der Waals surface area contributed by atoms with Crippen LogP contribution in [0.15, 0.2) is 12.1 Å². The first kappa shape index (κ1) is 13.6. The number of hydrogen-bond donors (Lipinski definition) is 2. The number of carbonyl (C=O) groups is 1.